The molecular weight excluding hydrogens is 164 g/mol. The molecule has 0 aliphatic rings. The molecule has 0 aliphatic heterocycles. The van der Waals surface area contributed by atoms with Crippen LogP contribution in [0.3, 0.4) is 0 Å². The van der Waals surface area contributed by atoms with Crippen LogP contribution in [-0.4, -0.2) is 12.4 Å². The highest BCUT2D eigenvalue weighted by molar-refractivity contribution is 5.86. The van der Waals surface area contributed by atoms with E-state index < -0.39 is 0 Å². The fourth-order valence-electron chi connectivity index (χ4n) is 0.892. The zero-order valence-electron chi connectivity index (χ0n) is 7.69. The Hall–Kier alpha value is -1.31. The summed E-state index contributed by atoms with van der Waals surface area (Å²) in [5.41, 5.74) is 0. The minimum absolute atomic E-state index is 0.121. The lowest BCUT2D eigenvalue weighted by atomic mass is 10.2. The van der Waals surface area contributed by atoms with E-state index in [0.717, 1.165) is 5.75 Å². The molecule has 0 spiro atoms. The predicted molar refractivity (Wildman–Crippen MR) is 51.5 cm³/mol. The van der Waals surface area contributed by atoms with E-state index in [1.54, 1.807) is 6.42 Å². The zero-order valence-corrected chi connectivity index (χ0v) is 7.69. The molecule has 0 heterocycles. The third-order valence-electron chi connectivity index (χ3n) is 1.65. The van der Waals surface area contributed by atoms with E-state index in [-0.39, 0.29) is 5.78 Å². The second-order valence-electron chi connectivity index (χ2n) is 2.65. The maximum atomic E-state index is 10.9. The Balaban J connectivity index is 2.24. The molecule has 0 saturated heterocycles. The number of benzene rings is 1. The molecule has 0 fully saturated rings. The molecule has 0 bridgehead atoms. The van der Waals surface area contributed by atoms with Crippen LogP contribution in [0.5, 0.6) is 5.75 Å². The molecule has 13 heavy (non-hydrogen) atoms. The normalized spacial score (nSPS) is 9.62. The number of carbonyl (C=O) groups is 1. The van der Waals surface area contributed by atoms with Gasteiger partial charge < -0.3 is 4.74 Å². The number of hydrogen-bond donors (Lipinski definition) is 0. The number of ketones is 1. The average Bonchev–Trinajstić information content (AvgIpc) is 2.19. The summed E-state index contributed by atoms with van der Waals surface area (Å²) in [6.07, 6.45) is 2.10. The van der Waals surface area contributed by atoms with Gasteiger partial charge in [-0.3, -0.25) is 4.79 Å². The number of para-hydroxylation sites is 1. The van der Waals surface area contributed by atoms with Crippen LogP contribution in [0.15, 0.2) is 30.3 Å². The van der Waals surface area contributed by atoms with Crippen LogP contribution in [-0.2, 0) is 4.79 Å². The molecule has 0 unspecified atom stereocenters. The maximum absolute atomic E-state index is 10.9. The van der Waals surface area contributed by atoms with Crippen LogP contribution in [0.25, 0.3) is 0 Å². The van der Waals surface area contributed by atoms with Crippen LogP contribution in [0, 0.1) is 6.42 Å². The Morgan fingerprint density at radius 2 is 2.08 bits per heavy atom. The first-order chi connectivity index (χ1) is 6.33. The van der Waals surface area contributed by atoms with E-state index in [9.17, 15) is 4.79 Å². The molecule has 0 aromatic heterocycles. The molecule has 1 rings (SSSR count). The topological polar surface area (TPSA) is 26.3 Å². The summed E-state index contributed by atoms with van der Waals surface area (Å²) in [5.74, 6) is 0.915. The third kappa shape index (κ3) is 3.74. The molecule has 0 aliphatic carbocycles. The van der Waals surface area contributed by atoms with E-state index in [4.69, 9.17) is 4.74 Å². The van der Waals surface area contributed by atoms with Gasteiger partial charge in [0.1, 0.15) is 11.5 Å². The van der Waals surface area contributed by atoms with Gasteiger partial charge in [0.25, 0.3) is 0 Å². The van der Waals surface area contributed by atoms with Gasteiger partial charge in [0.05, 0.1) is 13.0 Å². The summed E-state index contributed by atoms with van der Waals surface area (Å²) in [4.78, 5) is 10.9. The Labute approximate surface area is 78.5 Å². The van der Waals surface area contributed by atoms with Crippen LogP contribution < -0.4 is 4.74 Å². The van der Waals surface area contributed by atoms with Crippen molar-refractivity contribution in [2.45, 2.75) is 13.3 Å². The Kier molecular flexibility index (Phi) is 4.03. The van der Waals surface area contributed by atoms with Gasteiger partial charge in [-0.15, -0.1) is 0 Å². The second kappa shape index (κ2) is 5.36. The molecule has 0 saturated carbocycles. The van der Waals surface area contributed by atoms with Gasteiger partial charge in [0.15, 0.2) is 0 Å². The van der Waals surface area contributed by atoms with Crippen molar-refractivity contribution < 1.29 is 9.53 Å². The number of ether oxygens (including phenoxy) is 1. The van der Waals surface area contributed by atoms with Crippen molar-refractivity contribution >= 4 is 5.78 Å². The molecule has 1 aromatic rings. The number of carbonyl (C=O) groups excluding carboxylic acids is 1. The van der Waals surface area contributed by atoms with Gasteiger partial charge in [-0.2, -0.15) is 0 Å². The van der Waals surface area contributed by atoms with Crippen LogP contribution in [0.2, 0.25) is 0 Å². The highest BCUT2D eigenvalue weighted by Crippen LogP contribution is 2.08. The lowest BCUT2D eigenvalue weighted by Gasteiger charge is -2.03. The van der Waals surface area contributed by atoms with Crippen molar-refractivity contribution in [1.29, 1.82) is 0 Å². The minimum atomic E-state index is 0.121. The van der Waals surface area contributed by atoms with Crippen LogP contribution in [0.4, 0.5) is 0 Å². The Morgan fingerprint density at radius 3 is 2.69 bits per heavy atom. The molecule has 2 nitrogen and oxygen atoms in total. The van der Waals surface area contributed by atoms with Crippen molar-refractivity contribution in [2.24, 2.45) is 0 Å². The monoisotopic (exact) mass is 177 g/mol. The fraction of sp³-hybridized carbons (Fsp3) is 0.273. The summed E-state index contributed by atoms with van der Waals surface area (Å²) in [5, 5.41) is 0. The summed E-state index contributed by atoms with van der Waals surface area (Å²) in [6, 6.07) is 9.45. The molecule has 0 amide bonds. The van der Waals surface area contributed by atoms with Gasteiger partial charge in [0.2, 0.25) is 0 Å². The number of hydrogen-bond acceptors (Lipinski definition) is 2. The summed E-state index contributed by atoms with van der Waals surface area (Å²) in [6.45, 7) is 2.19. The van der Waals surface area contributed by atoms with Crippen molar-refractivity contribution in [3.8, 4) is 5.75 Å². The first-order valence-corrected chi connectivity index (χ1v) is 4.37. The first-order valence-electron chi connectivity index (χ1n) is 4.37. The van der Waals surface area contributed by atoms with Crippen molar-refractivity contribution in [1.82, 2.24) is 0 Å². The molecule has 1 radical (unpaired) electrons. The SMILES string of the molecule is CCC(=O)[CH]COc1ccccc1. The molecule has 0 atom stereocenters. The van der Waals surface area contributed by atoms with Gasteiger partial charge in [-0.25, -0.2) is 0 Å². The van der Waals surface area contributed by atoms with Crippen LogP contribution in [0.1, 0.15) is 13.3 Å². The average molecular weight is 177 g/mol. The summed E-state index contributed by atoms with van der Waals surface area (Å²) < 4.78 is 5.30. The predicted octanol–water partition coefficient (Wildman–Crippen LogP) is 2.25. The minimum Gasteiger partial charge on any atom is -0.493 e. The second-order valence-corrected chi connectivity index (χ2v) is 2.65. The lowest BCUT2D eigenvalue weighted by Crippen LogP contribution is -2.05. The smallest absolute Gasteiger partial charge is 0.139 e. The molecule has 0 N–H and O–H groups in total. The van der Waals surface area contributed by atoms with Crippen molar-refractivity contribution in [3.63, 3.8) is 0 Å². The summed E-state index contributed by atoms with van der Waals surface area (Å²) >= 11 is 0. The maximum Gasteiger partial charge on any atom is 0.139 e. The largest absolute Gasteiger partial charge is 0.493 e. The first kappa shape index (κ1) is 9.78. The Bertz CT molecular complexity index is 254. The zero-order chi connectivity index (χ0) is 9.52. The van der Waals surface area contributed by atoms with Gasteiger partial charge >= 0.3 is 0 Å². The summed E-state index contributed by atoms with van der Waals surface area (Å²) in [7, 11) is 0. The van der Waals surface area contributed by atoms with Gasteiger partial charge in [-0.1, -0.05) is 25.1 Å². The quantitative estimate of drug-likeness (QED) is 0.689. The number of Topliss-reactive ketones (excluding diaryl/α,β-unsaturated/α-hetero) is 1. The van der Waals surface area contributed by atoms with Gasteiger partial charge in [0, 0.05) is 6.42 Å². The van der Waals surface area contributed by atoms with E-state index >= 15 is 0 Å². The van der Waals surface area contributed by atoms with Crippen LogP contribution >= 0.6 is 0 Å². The molecular formula is C11H13O2. The highest BCUT2D eigenvalue weighted by Gasteiger charge is 1.98. The van der Waals surface area contributed by atoms with Gasteiger partial charge in [-0.05, 0) is 12.1 Å². The van der Waals surface area contributed by atoms with E-state index in [1.807, 2.05) is 37.3 Å². The van der Waals surface area contributed by atoms with E-state index in [0.29, 0.717) is 13.0 Å². The fourth-order valence-corrected chi connectivity index (χ4v) is 0.892. The van der Waals surface area contributed by atoms with E-state index in [2.05, 4.69) is 0 Å². The van der Waals surface area contributed by atoms with Crippen molar-refractivity contribution in [2.75, 3.05) is 6.61 Å². The standard InChI is InChI=1S/C11H13O2/c1-2-10(12)8-9-13-11-6-4-3-5-7-11/h3-8H,2,9H2,1H3. The molecule has 2 heteroatoms. The molecule has 69 valence electrons. The lowest BCUT2D eigenvalue weighted by molar-refractivity contribution is -0.115. The third-order valence-corrected chi connectivity index (χ3v) is 1.65. The number of rotatable bonds is 5. The highest BCUT2D eigenvalue weighted by atomic mass is 16.5. The van der Waals surface area contributed by atoms with Crippen molar-refractivity contribution in [3.05, 3.63) is 36.8 Å². The van der Waals surface area contributed by atoms with E-state index in [1.165, 1.54) is 0 Å². The molecule has 1 aromatic carbocycles. The Morgan fingerprint density at radius 1 is 1.38 bits per heavy atom.